The van der Waals surface area contributed by atoms with Crippen LogP contribution < -0.4 is 24.4 Å². The summed E-state index contributed by atoms with van der Waals surface area (Å²) in [5.74, 6) is 0.953. The number of nitrogens with one attached hydrogen (secondary N) is 1. The fraction of sp³-hybridized carbons (Fsp3) is 0.160. The fourth-order valence-corrected chi connectivity index (χ4v) is 2.81. The van der Waals surface area contributed by atoms with Crippen LogP contribution in [0, 0.1) is 6.92 Å². The molecule has 8 nitrogen and oxygen atoms in total. The number of carbonyl (C=O) groups is 2. The highest BCUT2D eigenvalue weighted by atomic mass is 16.6. The third kappa shape index (κ3) is 6.57. The van der Waals surface area contributed by atoms with E-state index in [0.717, 1.165) is 5.56 Å². The van der Waals surface area contributed by atoms with Crippen molar-refractivity contribution in [1.29, 1.82) is 0 Å². The molecule has 33 heavy (non-hydrogen) atoms. The fourth-order valence-electron chi connectivity index (χ4n) is 2.81. The molecule has 8 heteroatoms. The van der Waals surface area contributed by atoms with Crippen LogP contribution in [-0.2, 0) is 4.79 Å². The van der Waals surface area contributed by atoms with Crippen LogP contribution in [0.25, 0.3) is 0 Å². The molecule has 0 saturated heterocycles. The van der Waals surface area contributed by atoms with Gasteiger partial charge in [-0.1, -0.05) is 18.2 Å². The Bertz CT molecular complexity index is 1140. The number of aryl methyl sites for hydroxylation is 1. The molecule has 1 amide bonds. The molecule has 1 N–H and O–H groups in total. The molecule has 0 spiro atoms. The van der Waals surface area contributed by atoms with Crippen LogP contribution in [0.4, 0.5) is 0 Å². The number of methoxy groups -OCH3 is 2. The summed E-state index contributed by atoms with van der Waals surface area (Å²) in [6.07, 6.45) is 1.45. The lowest BCUT2D eigenvalue weighted by atomic mass is 10.2. The van der Waals surface area contributed by atoms with Crippen molar-refractivity contribution in [2.75, 3.05) is 20.8 Å². The van der Waals surface area contributed by atoms with E-state index >= 15 is 0 Å². The van der Waals surface area contributed by atoms with Gasteiger partial charge in [0.1, 0.15) is 11.5 Å². The van der Waals surface area contributed by atoms with E-state index in [4.69, 9.17) is 18.9 Å². The quantitative estimate of drug-likeness (QED) is 0.232. The van der Waals surface area contributed by atoms with Crippen LogP contribution in [0.15, 0.2) is 71.8 Å². The molecule has 0 bridgehead atoms. The van der Waals surface area contributed by atoms with Crippen molar-refractivity contribution in [2.45, 2.75) is 6.92 Å². The summed E-state index contributed by atoms with van der Waals surface area (Å²) in [7, 11) is 3.01. The minimum absolute atomic E-state index is 0.161. The molecule has 0 atom stereocenters. The monoisotopic (exact) mass is 448 g/mol. The van der Waals surface area contributed by atoms with Crippen molar-refractivity contribution >= 4 is 18.1 Å². The summed E-state index contributed by atoms with van der Waals surface area (Å²) in [5.41, 5.74) is 4.35. The molecule has 0 aromatic heterocycles. The Labute approximate surface area is 191 Å². The molecule has 170 valence electrons. The van der Waals surface area contributed by atoms with Gasteiger partial charge in [-0.25, -0.2) is 10.2 Å². The first-order valence-corrected chi connectivity index (χ1v) is 10.0. The molecule has 0 unspecified atom stereocenters. The Hall–Kier alpha value is -4.33. The average Bonchev–Trinajstić information content (AvgIpc) is 2.84. The van der Waals surface area contributed by atoms with E-state index in [-0.39, 0.29) is 12.4 Å². The van der Waals surface area contributed by atoms with E-state index < -0.39 is 11.9 Å². The van der Waals surface area contributed by atoms with Gasteiger partial charge in [-0.05, 0) is 66.6 Å². The lowest BCUT2D eigenvalue weighted by molar-refractivity contribution is -0.123. The number of nitrogens with zero attached hydrogens (tertiary/aromatic N) is 1. The van der Waals surface area contributed by atoms with Crippen molar-refractivity contribution in [3.05, 3.63) is 83.4 Å². The van der Waals surface area contributed by atoms with E-state index in [1.54, 1.807) is 55.6 Å². The minimum Gasteiger partial charge on any atom is -0.497 e. The summed E-state index contributed by atoms with van der Waals surface area (Å²) in [4.78, 5) is 24.3. The second-order valence-corrected chi connectivity index (χ2v) is 6.88. The molecule has 0 radical (unpaired) electrons. The SMILES string of the molecule is COc1ccc(C(=O)Oc2ccc(C=NNC(=O)COc3ccccc3C)cc2OC)cc1. The smallest absolute Gasteiger partial charge is 0.343 e. The third-order valence-corrected chi connectivity index (χ3v) is 4.57. The number of amides is 1. The highest BCUT2D eigenvalue weighted by molar-refractivity contribution is 5.92. The average molecular weight is 448 g/mol. The Morgan fingerprint density at radius 2 is 1.67 bits per heavy atom. The highest BCUT2D eigenvalue weighted by Crippen LogP contribution is 2.28. The Balaban J connectivity index is 1.57. The molecule has 0 aliphatic rings. The molecular formula is C25H24N2O6. The van der Waals surface area contributed by atoms with Gasteiger partial charge in [0.25, 0.3) is 5.91 Å². The summed E-state index contributed by atoms with van der Waals surface area (Å²) in [5, 5.41) is 3.93. The Morgan fingerprint density at radius 1 is 0.909 bits per heavy atom. The van der Waals surface area contributed by atoms with E-state index in [1.807, 2.05) is 25.1 Å². The van der Waals surface area contributed by atoms with E-state index in [0.29, 0.717) is 28.4 Å². The molecule has 3 rings (SSSR count). The number of rotatable bonds is 9. The van der Waals surface area contributed by atoms with Crippen LogP contribution in [0.3, 0.4) is 0 Å². The first kappa shape index (κ1) is 23.3. The molecule has 3 aromatic rings. The molecular weight excluding hydrogens is 424 g/mol. The van der Waals surface area contributed by atoms with Gasteiger partial charge < -0.3 is 18.9 Å². The van der Waals surface area contributed by atoms with Crippen molar-refractivity contribution < 1.29 is 28.5 Å². The second kappa shape index (κ2) is 11.3. The summed E-state index contributed by atoms with van der Waals surface area (Å²) in [6, 6.07) is 18.9. The van der Waals surface area contributed by atoms with Gasteiger partial charge in [0.05, 0.1) is 26.0 Å². The standard InChI is InChI=1S/C25H24N2O6/c1-17-6-4-5-7-21(17)32-16-24(28)27-26-15-18-8-13-22(23(14-18)31-3)33-25(29)19-9-11-20(30-2)12-10-19/h4-15H,16H2,1-3H3,(H,27,28). The molecule has 3 aromatic carbocycles. The topological polar surface area (TPSA) is 95.5 Å². The van der Waals surface area contributed by atoms with E-state index in [2.05, 4.69) is 10.5 Å². The Morgan fingerprint density at radius 3 is 2.36 bits per heavy atom. The number of hydrogen-bond donors (Lipinski definition) is 1. The van der Waals surface area contributed by atoms with Crippen molar-refractivity contribution in [3.8, 4) is 23.0 Å². The number of esters is 1. The first-order chi connectivity index (χ1) is 16.0. The van der Waals surface area contributed by atoms with Crippen LogP contribution >= 0.6 is 0 Å². The predicted molar refractivity (Wildman–Crippen MR) is 123 cm³/mol. The van der Waals surface area contributed by atoms with Crippen LogP contribution in [0.2, 0.25) is 0 Å². The van der Waals surface area contributed by atoms with Gasteiger partial charge in [-0.2, -0.15) is 5.10 Å². The zero-order chi connectivity index (χ0) is 23.6. The van der Waals surface area contributed by atoms with Gasteiger partial charge in [0.15, 0.2) is 18.1 Å². The van der Waals surface area contributed by atoms with Gasteiger partial charge in [0, 0.05) is 0 Å². The maximum atomic E-state index is 12.4. The summed E-state index contributed by atoms with van der Waals surface area (Å²) in [6.45, 7) is 1.74. The van der Waals surface area contributed by atoms with Gasteiger partial charge in [0.2, 0.25) is 0 Å². The molecule has 0 saturated carbocycles. The summed E-state index contributed by atoms with van der Waals surface area (Å²) >= 11 is 0. The summed E-state index contributed by atoms with van der Waals surface area (Å²) < 4.78 is 21.3. The maximum Gasteiger partial charge on any atom is 0.343 e. The lowest BCUT2D eigenvalue weighted by Crippen LogP contribution is -2.24. The number of hydrogen-bond acceptors (Lipinski definition) is 7. The first-order valence-electron chi connectivity index (χ1n) is 10.0. The minimum atomic E-state index is -0.529. The molecule has 0 aliphatic carbocycles. The zero-order valence-corrected chi connectivity index (χ0v) is 18.5. The predicted octanol–water partition coefficient (Wildman–Crippen LogP) is 3.76. The Kier molecular flexibility index (Phi) is 8.02. The highest BCUT2D eigenvalue weighted by Gasteiger charge is 2.13. The van der Waals surface area contributed by atoms with E-state index in [9.17, 15) is 9.59 Å². The number of para-hydroxylation sites is 1. The van der Waals surface area contributed by atoms with Crippen LogP contribution in [0.5, 0.6) is 23.0 Å². The number of ether oxygens (including phenoxy) is 4. The molecule has 0 aliphatic heterocycles. The number of carbonyl (C=O) groups excluding carboxylic acids is 2. The van der Waals surface area contributed by atoms with E-state index in [1.165, 1.54) is 13.3 Å². The van der Waals surface area contributed by atoms with Crippen molar-refractivity contribution in [1.82, 2.24) is 5.43 Å². The van der Waals surface area contributed by atoms with Gasteiger partial charge in [-0.15, -0.1) is 0 Å². The maximum absolute atomic E-state index is 12.4. The molecule has 0 heterocycles. The second-order valence-electron chi connectivity index (χ2n) is 6.88. The number of hydrazone groups is 1. The van der Waals surface area contributed by atoms with Crippen molar-refractivity contribution in [3.63, 3.8) is 0 Å². The normalized spacial score (nSPS) is 10.5. The van der Waals surface area contributed by atoms with Crippen molar-refractivity contribution in [2.24, 2.45) is 5.10 Å². The van der Waals surface area contributed by atoms with Gasteiger partial charge in [-0.3, -0.25) is 4.79 Å². The lowest BCUT2D eigenvalue weighted by Gasteiger charge is -2.10. The van der Waals surface area contributed by atoms with Crippen LogP contribution in [0.1, 0.15) is 21.5 Å². The number of benzene rings is 3. The third-order valence-electron chi connectivity index (χ3n) is 4.57. The largest absolute Gasteiger partial charge is 0.497 e. The van der Waals surface area contributed by atoms with Crippen LogP contribution in [-0.4, -0.2) is 38.9 Å². The zero-order valence-electron chi connectivity index (χ0n) is 18.5. The van der Waals surface area contributed by atoms with Gasteiger partial charge >= 0.3 is 5.97 Å². The molecule has 0 fully saturated rings.